The number of rotatable bonds is 8. The van der Waals surface area contributed by atoms with Gasteiger partial charge in [0.1, 0.15) is 17.3 Å². The number of amides is 1. The maximum Gasteiger partial charge on any atom is 0.280 e. The molecule has 0 atom stereocenters. The van der Waals surface area contributed by atoms with Gasteiger partial charge in [0.25, 0.3) is 11.6 Å². The number of nitro benzene ring substituents is 1. The molecule has 1 N–H and O–H groups in total. The fourth-order valence-corrected chi connectivity index (χ4v) is 2.71. The minimum Gasteiger partial charge on any atom is -0.494 e. The number of ether oxygens (including phenoxy) is 1. The average Bonchev–Trinajstić information content (AvgIpc) is 3.21. The summed E-state index contributed by atoms with van der Waals surface area (Å²) >= 11 is 0. The number of hydrogen-bond acceptors (Lipinski definition) is 6. The number of nitro groups is 1. The number of furan rings is 1. The van der Waals surface area contributed by atoms with Gasteiger partial charge in [-0.05, 0) is 61.4 Å². The van der Waals surface area contributed by atoms with Crippen LogP contribution in [0.4, 0.5) is 5.69 Å². The van der Waals surface area contributed by atoms with Gasteiger partial charge in [0.05, 0.1) is 23.3 Å². The maximum absolute atomic E-state index is 12.2. The van der Waals surface area contributed by atoms with Crippen LogP contribution in [-0.4, -0.2) is 23.7 Å². The van der Waals surface area contributed by atoms with E-state index in [4.69, 9.17) is 9.15 Å². The van der Waals surface area contributed by atoms with Gasteiger partial charge in [-0.25, -0.2) is 5.43 Å². The molecule has 0 saturated heterocycles. The van der Waals surface area contributed by atoms with Crippen LogP contribution < -0.4 is 10.2 Å². The number of hydrazone groups is 1. The van der Waals surface area contributed by atoms with Crippen molar-refractivity contribution in [1.29, 1.82) is 0 Å². The molecule has 8 nitrogen and oxygen atoms in total. The Bertz CT molecular complexity index is 1070. The molecule has 3 aromatic rings. The predicted molar refractivity (Wildman–Crippen MR) is 113 cm³/mol. The Labute approximate surface area is 173 Å². The zero-order valence-electron chi connectivity index (χ0n) is 16.6. The van der Waals surface area contributed by atoms with Gasteiger partial charge in [-0.1, -0.05) is 13.0 Å². The number of aryl methyl sites for hydroxylation is 1. The number of benzene rings is 2. The molecular formula is C22H21N3O5. The second-order valence-corrected chi connectivity index (χ2v) is 6.55. The van der Waals surface area contributed by atoms with Crippen molar-refractivity contribution in [2.45, 2.75) is 20.3 Å². The standard InChI is InChI=1S/C22H21N3O5/c1-3-12-29-17-7-5-16(6-8-17)22(26)24-23-14-18-9-11-21(30-18)19-10-4-15(2)13-20(19)25(27)28/h4-11,13-14H,3,12H2,1-2H3,(H,24,26)/b23-14-. The van der Waals surface area contributed by atoms with Crippen molar-refractivity contribution in [2.75, 3.05) is 6.61 Å². The summed E-state index contributed by atoms with van der Waals surface area (Å²) < 4.78 is 11.1. The van der Waals surface area contributed by atoms with E-state index in [9.17, 15) is 14.9 Å². The molecule has 0 spiro atoms. The van der Waals surface area contributed by atoms with Gasteiger partial charge in [-0.15, -0.1) is 0 Å². The summed E-state index contributed by atoms with van der Waals surface area (Å²) in [7, 11) is 0. The highest BCUT2D eigenvalue weighted by Crippen LogP contribution is 2.31. The van der Waals surface area contributed by atoms with Crippen LogP contribution in [0, 0.1) is 17.0 Å². The van der Waals surface area contributed by atoms with Crippen molar-refractivity contribution < 1.29 is 18.9 Å². The third kappa shape index (κ3) is 5.11. The second kappa shape index (κ2) is 9.51. The molecule has 2 aromatic carbocycles. The van der Waals surface area contributed by atoms with Crippen LogP contribution >= 0.6 is 0 Å². The summed E-state index contributed by atoms with van der Waals surface area (Å²) in [5, 5.41) is 15.2. The van der Waals surface area contributed by atoms with E-state index in [1.165, 1.54) is 12.3 Å². The number of nitrogens with one attached hydrogen (secondary N) is 1. The van der Waals surface area contributed by atoms with Gasteiger partial charge in [-0.3, -0.25) is 14.9 Å². The van der Waals surface area contributed by atoms with Gasteiger partial charge < -0.3 is 9.15 Å². The lowest BCUT2D eigenvalue weighted by molar-refractivity contribution is -0.384. The molecular weight excluding hydrogens is 386 g/mol. The summed E-state index contributed by atoms with van der Waals surface area (Å²) in [6.45, 7) is 4.42. The predicted octanol–water partition coefficient (Wildman–Crippen LogP) is 4.72. The van der Waals surface area contributed by atoms with Gasteiger partial charge in [-0.2, -0.15) is 5.10 Å². The molecule has 0 bridgehead atoms. The molecule has 30 heavy (non-hydrogen) atoms. The Morgan fingerprint density at radius 1 is 1.20 bits per heavy atom. The van der Waals surface area contributed by atoms with Crippen molar-refractivity contribution >= 4 is 17.8 Å². The van der Waals surface area contributed by atoms with E-state index in [-0.39, 0.29) is 11.6 Å². The Morgan fingerprint density at radius 2 is 1.97 bits per heavy atom. The van der Waals surface area contributed by atoms with Crippen LogP contribution in [0.3, 0.4) is 0 Å². The van der Waals surface area contributed by atoms with Crippen LogP contribution in [-0.2, 0) is 0 Å². The smallest absolute Gasteiger partial charge is 0.280 e. The third-order valence-electron chi connectivity index (χ3n) is 4.19. The highest BCUT2D eigenvalue weighted by atomic mass is 16.6. The van der Waals surface area contributed by atoms with Crippen LogP contribution in [0.5, 0.6) is 5.75 Å². The first-order chi connectivity index (χ1) is 14.5. The third-order valence-corrected chi connectivity index (χ3v) is 4.19. The number of hydrogen-bond donors (Lipinski definition) is 1. The Hall–Kier alpha value is -3.94. The SMILES string of the molecule is CCCOc1ccc(C(=O)N/N=C\c2ccc(-c3ccc(C)cc3[N+](=O)[O-])o2)cc1. The van der Waals surface area contributed by atoms with Crippen LogP contribution in [0.25, 0.3) is 11.3 Å². The summed E-state index contributed by atoms with van der Waals surface area (Å²) in [6, 6.07) is 14.9. The molecule has 0 saturated carbocycles. The highest BCUT2D eigenvalue weighted by molar-refractivity contribution is 5.94. The Kier molecular flexibility index (Phi) is 6.59. The van der Waals surface area contributed by atoms with E-state index < -0.39 is 4.92 Å². The van der Waals surface area contributed by atoms with Gasteiger partial charge in [0, 0.05) is 11.6 Å². The summed E-state index contributed by atoms with van der Waals surface area (Å²) in [5.41, 5.74) is 3.98. The minimum absolute atomic E-state index is 0.0347. The van der Waals surface area contributed by atoms with Crippen molar-refractivity contribution in [3.8, 4) is 17.1 Å². The van der Waals surface area contributed by atoms with E-state index in [1.54, 1.807) is 55.5 Å². The van der Waals surface area contributed by atoms with Gasteiger partial charge in [0.2, 0.25) is 0 Å². The Morgan fingerprint density at radius 3 is 2.67 bits per heavy atom. The van der Waals surface area contributed by atoms with Gasteiger partial charge in [0.15, 0.2) is 0 Å². The van der Waals surface area contributed by atoms with Crippen molar-refractivity contribution in [2.24, 2.45) is 5.10 Å². The lowest BCUT2D eigenvalue weighted by Crippen LogP contribution is -2.17. The monoisotopic (exact) mass is 407 g/mol. The molecule has 0 radical (unpaired) electrons. The van der Waals surface area contributed by atoms with E-state index >= 15 is 0 Å². The lowest BCUT2D eigenvalue weighted by Gasteiger charge is -2.05. The maximum atomic E-state index is 12.2. The van der Waals surface area contributed by atoms with E-state index in [0.29, 0.717) is 35.0 Å². The molecule has 0 aliphatic heterocycles. The zero-order valence-corrected chi connectivity index (χ0v) is 16.6. The fourth-order valence-electron chi connectivity index (χ4n) is 2.71. The van der Waals surface area contributed by atoms with Crippen molar-refractivity contribution in [3.05, 3.63) is 81.6 Å². The fraction of sp³-hybridized carbons (Fsp3) is 0.182. The topological polar surface area (TPSA) is 107 Å². The van der Waals surface area contributed by atoms with Gasteiger partial charge >= 0.3 is 0 Å². The van der Waals surface area contributed by atoms with E-state index in [1.807, 2.05) is 6.92 Å². The number of carbonyl (C=O) groups is 1. The molecule has 0 unspecified atom stereocenters. The lowest BCUT2D eigenvalue weighted by atomic mass is 10.1. The molecule has 1 amide bonds. The van der Waals surface area contributed by atoms with Crippen molar-refractivity contribution in [3.63, 3.8) is 0 Å². The first-order valence-corrected chi connectivity index (χ1v) is 9.39. The summed E-state index contributed by atoms with van der Waals surface area (Å²) in [4.78, 5) is 23.0. The van der Waals surface area contributed by atoms with E-state index in [0.717, 1.165) is 12.0 Å². The first kappa shape index (κ1) is 20.8. The van der Waals surface area contributed by atoms with Crippen LogP contribution in [0.1, 0.15) is 35.0 Å². The molecule has 1 aromatic heterocycles. The highest BCUT2D eigenvalue weighted by Gasteiger charge is 2.18. The molecule has 0 aliphatic rings. The summed E-state index contributed by atoms with van der Waals surface area (Å²) in [5.74, 6) is 1.01. The van der Waals surface area contributed by atoms with Crippen LogP contribution in [0.2, 0.25) is 0 Å². The number of carbonyl (C=O) groups excluding carboxylic acids is 1. The molecule has 1 heterocycles. The van der Waals surface area contributed by atoms with Crippen molar-refractivity contribution in [1.82, 2.24) is 5.43 Å². The Balaban J connectivity index is 1.65. The first-order valence-electron chi connectivity index (χ1n) is 9.39. The number of nitrogens with zero attached hydrogens (tertiary/aromatic N) is 2. The second-order valence-electron chi connectivity index (χ2n) is 6.55. The molecule has 0 fully saturated rings. The molecule has 8 heteroatoms. The summed E-state index contributed by atoms with van der Waals surface area (Å²) in [6.07, 6.45) is 2.24. The van der Waals surface area contributed by atoms with E-state index in [2.05, 4.69) is 10.5 Å². The molecule has 154 valence electrons. The molecule has 3 rings (SSSR count). The minimum atomic E-state index is -0.447. The zero-order chi connectivity index (χ0) is 21.5. The quantitative estimate of drug-likeness (QED) is 0.330. The largest absolute Gasteiger partial charge is 0.494 e. The normalized spacial score (nSPS) is 10.9. The van der Waals surface area contributed by atoms with Crippen LogP contribution in [0.15, 0.2) is 64.1 Å². The molecule has 0 aliphatic carbocycles. The average molecular weight is 407 g/mol.